The zero-order chi connectivity index (χ0) is 20.0. The molecule has 8 nitrogen and oxygen atoms in total. The summed E-state index contributed by atoms with van der Waals surface area (Å²) in [5, 5.41) is 15.8. The number of hydrogen-bond donors (Lipinski definition) is 1. The largest absolute Gasteiger partial charge is 0.336 e. The van der Waals surface area contributed by atoms with E-state index in [2.05, 4.69) is 25.7 Å². The third kappa shape index (κ3) is 3.16. The van der Waals surface area contributed by atoms with Gasteiger partial charge in [-0.25, -0.2) is 4.98 Å². The zero-order valence-electron chi connectivity index (χ0n) is 16.2. The second-order valence-corrected chi connectivity index (χ2v) is 7.29. The van der Waals surface area contributed by atoms with Crippen LogP contribution < -0.4 is 5.32 Å². The van der Waals surface area contributed by atoms with Gasteiger partial charge in [-0.15, -0.1) is 10.2 Å². The third-order valence-electron chi connectivity index (χ3n) is 5.21. The zero-order valence-corrected chi connectivity index (χ0v) is 16.2. The van der Waals surface area contributed by atoms with Crippen LogP contribution in [0.3, 0.4) is 0 Å². The summed E-state index contributed by atoms with van der Waals surface area (Å²) in [7, 11) is 0. The number of carbonyl (C=O) groups is 1. The second kappa shape index (κ2) is 6.80. The van der Waals surface area contributed by atoms with Gasteiger partial charge in [-0.2, -0.15) is 0 Å². The van der Waals surface area contributed by atoms with E-state index in [9.17, 15) is 4.79 Å². The summed E-state index contributed by atoms with van der Waals surface area (Å²) < 4.78 is 7.30. The fraction of sp³-hybridized carbons (Fsp3) is 0.286. The average Bonchev–Trinajstić information content (AvgIpc) is 3.36. The van der Waals surface area contributed by atoms with Gasteiger partial charge in [0.1, 0.15) is 6.33 Å². The van der Waals surface area contributed by atoms with E-state index in [4.69, 9.17) is 4.52 Å². The first-order valence-electron chi connectivity index (χ1n) is 9.70. The lowest BCUT2D eigenvalue weighted by Gasteiger charge is -2.10. The van der Waals surface area contributed by atoms with Gasteiger partial charge in [-0.3, -0.25) is 4.79 Å². The van der Waals surface area contributed by atoms with Crippen LogP contribution in [0.2, 0.25) is 0 Å². The Morgan fingerprint density at radius 3 is 2.97 bits per heavy atom. The van der Waals surface area contributed by atoms with Gasteiger partial charge in [-0.1, -0.05) is 17.3 Å². The summed E-state index contributed by atoms with van der Waals surface area (Å²) in [6.45, 7) is 4.62. The number of benzene rings is 1. The highest BCUT2D eigenvalue weighted by molar-refractivity contribution is 6.12. The van der Waals surface area contributed by atoms with Crippen LogP contribution in [-0.2, 0) is 6.54 Å². The highest BCUT2D eigenvalue weighted by atomic mass is 16.5. The van der Waals surface area contributed by atoms with Gasteiger partial charge in [0.05, 0.1) is 16.6 Å². The fourth-order valence-corrected chi connectivity index (χ4v) is 3.53. The number of carbonyl (C=O) groups excluding carboxylic acids is 1. The minimum absolute atomic E-state index is 0.209. The van der Waals surface area contributed by atoms with Crippen LogP contribution in [0.1, 0.15) is 47.4 Å². The smallest absolute Gasteiger partial charge is 0.259 e. The molecule has 1 aliphatic carbocycles. The Hall–Kier alpha value is -3.55. The van der Waals surface area contributed by atoms with E-state index in [-0.39, 0.29) is 5.91 Å². The quantitative estimate of drug-likeness (QED) is 0.556. The van der Waals surface area contributed by atoms with Crippen molar-refractivity contribution >= 4 is 22.7 Å². The number of nitrogens with zero attached hydrogens (tertiary/aromatic N) is 5. The maximum absolute atomic E-state index is 13.2. The van der Waals surface area contributed by atoms with Gasteiger partial charge in [0.15, 0.2) is 5.82 Å². The van der Waals surface area contributed by atoms with Crippen LogP contribution in [0.15, 0.2) is 41.2 Å². The second-order valence-electron chi connectivity index (χ2n) is 7.29. The Kier molecular flexibility index (Phi) is 4.12. The van der Waals surface area contributed by atoms with E-state index in [1.165, 1.54) is 0 Å². The number of aryl methyl sites for hydroxylation is 2. The molecule has 0 unspecified atom stereocenters. The van der Waals surface area contributed by atoms with Crippen LogP contribution >= 0.6 is 0 Å². The Morgan fingerprint density at radius 1 is 1.31 bits per heavy atom. The summed E-state index contributed by atoms with van der Waals surface area (Å²) in [5.41, 5.74) is 4.08. The van der Waals surface area contributed by atoms with E-state index in [1.807, 2.05) is 48.7 Å². The summed E-state index contributed by atoms with van der Waals surface area (Å²) in [5.74, 6) is 0.959. The molecule has 1 aromatic carbocycles. The van der Waals surface area contributed by atoms with Crippen molar-refractivity contribution in [1.29, 1.82) is 0 Å². The predicted molar refractivity (Wildman–Crippen MR) is 108 cm³/mol. The number of pyridine rings is 1. The average molecular weight is 388 g/mol. The van der Waals surface area contributed by atoms with Crippen molar-refractivity contribution < 1.29 is 9.32 Å². The SMILES string of the molecule is CCn1cnnc1-c1cccc(NC(=O)c2cc(C3CC3)nc3onc(C)c23)c1. The number of aromatic nitrogens is 5. The molecule has 3 heterocycles. The molecule has 8 heteroatoms. The number of anilines is 1. The minimum Gasteiger partial charge on any atom is -0.336 e. The van der Waals surface area contributed by atoms with Gasteiger partial charge in [0.2, 0.25) is 0 Å². The molecule has 0 bridgehead atoms. The van der Waals surface area contributed by atoms with E-state index in [1.54, 1.807) is 6.33 Å². The summed E-state index contributed by atoms with van der Waals surface area (Å²) in [4.78, 5) is 17.7. The molecule has 0 atom stereocenters. The standard InChI is InChI=1S/C21H20N6O2/c1-3-27-11-22-25-19(27)14-5-4-6-15(9-14)23-20(28)16-10-17(13-7-8-13)24-21-18(16)12(2)26-29-21/h4-6,9-11,13H,3,7-8H2,1-2H3,(H,23,28). The van der Waals surface area contributed by atoms with Crippen molar-refractivity contribution in [3.8, 4) is 11.4 Å². The molecule has 5 rings (SSSR count). The first-order chi connectivity index (χ1) is 14.1. The molecule has 0 aliphatic heterocycles. The first kappa shape index (κ1) is 17.5. The Morgan fingerprint density at radius 2 is 2.17 bits per heavy atom. The monoisotopic (exact) mass is 388 g/mol. The van der Waals surface area contributed by atoms with Crippen LogP contribution in [0, 0.1) is 6.92 Å². The lowest BCUT2D eigenvalue weighted by molar-refractivity contribution is 0.102. The lowest BCUT2D eigenvalue weighted by atomic mass is 10.1. The third-order valence-corrected chi connectivity index (χ3v) is 5.21. The molecule has 3 aromatic heterocycles. The molecule has 0 radical (unpaired) electrons. The molecule has 1 fully saturated rings. The fourth-order valence-electron chi connectivity index (χ4n) is 3.53. The molecular formula is C21H20N6O2. The predicted octanol–water partition coefficient (Wildman–Crippen LogP) is 3.94. The van der Waals surface area contributed by atoms with E-state index < -0.39 is 0 Å². The summed E-state index contributed by atoms with van der Waals surface area (Å²) in [6, 6.07) is 9.47. The first-order valence-corrected chi connectivity index (χ1v) is 9.70. The van der Waals surface area contributed by atoms with Crippen LogP contribution in [0.5, 0.6) is 0 Å². The van der Waals surface area contributed by atoms with Gasteiger partial charge in [0.25, 0.3) is 11.6 Å². The molecule has 29 heavy (non-hydrogen) atoms. The van der Waals surface area contributed by atoms with Crippen molar-refractivity contribution in [1.82, 2.24) is 24.9 Å². The molecule has 1 aliphatic rings. The maximum atomic E-state index is 13.2. The van der Waals surface area contributed by atoms with Gasteiger partial charge in [-0.05, 0) is 44.9 Å². The van der Waals surface area contributed by atoms with Crippen LogP contribution in [0.25, 0.3) is 22.5 Å². The number of rotatable bonds is 5. The van der Waals surface area contributed by atoms with Gasteiger partial charge >= 0.3 is 0 Å². The molecule has 1 amide bonds. The number of nitrogens with one attached hydrogen (secondary N) is 1. The summed E-state index contributed by atoms with van der Waals surface area (Å²) >= 11 is 0. The highest BCUT2D eigenvalue weighted by Crippen LogP contribution is 2.40. The van der Waals surface area contributed by atoms with E-state index >= 15 is 0 Å². The summed E-state index contributed by atoms with van der Waals surface area (Å²) in [6.07, 6.45) is 3.88. The normalized spacial score (nSPS) is 13.7. The molecule has 0 spiro atoms. The van der Waals surface area contributed by atoms with Crippen molar-refractivity contribution in [3.63, 3.8) is 0 Å². The van der Waals surface area contributed by atoms with Crippen LogP contribution in [-0.4, -0.2) is 30.8 Å². The number of amides is 1. The van der Waals surface area contributed by atoms with Crippen molar-refractivity contribution in [2.75, 3.05) is 5.32 Å². The van der Waals surface area contributed by atoms with E-state index in [0.29, 0.717) is 34.0 Å². The Balaban J connectivity index is 1.50. The van der Waals surface area contributed by atoms with Gasteiger partial charge in [0, 0.05) is 29.4 Å². The molecule has 0 saturated heterocycles. The Bertz CT molecular complexity index is 1220. The van der Waals surface area contributed by atoms with Crippen LogP contribution in [0.4, 0.5) is 5.69 Å². The molecule has 4 aromatic rings. The molecular weight excluding hydrogens is 368 g/mol. The van der Waals surface area contributed by atoms with Crippen molar-refractivity contribution in [2.24, 2.45) is 0 Å². The minimum atomic E-state index is -0.209. The molecule has 146 valence electrons. The highest BCUT2D eigenvalue weighted by Gasteiger charge is 2.28. The maximum Gasteiger partial charge on any atom is 0.259 e. The molecule has 1 N–H and O–H groups in total. The topological polar surface area (TPSA) is 98.7 Å². The Labute approximate surface area is 166 Å². The molecule has 1 saturated carbocycles. The van der Waals surface area contributed by atoms with Gasteiger partial charge < -0.3 is 14.4 Å². The lowest BCUT2D eigenvalue weighted by Crippen LogP contribution is -2.13. The van der Waals surface area contributed by atoms with E-state index in [0.717, 1.165) is 36.5 Å². The van der Waals surface area contributed by atoms with Crippen molar-refractivity contribution in [2.45, 2.75) is 39.2 Å². The number of fused-ring (bicyclic) bond motifs is 1. The number of hydrogen-bond acceptors (Lipinski definition) is 6. The van der Waals surface area contributed by atoms with Crippen molar-refractivity contribution in [3.05, 3.63) is 53.6 Å².